The summed E-state index contributed by atoms with van der Waals surface area (Å²) in [5.41, 5.74) is 5.84. The Morgan fingerprint density at radius 3 is 2.36 bits per heavy atom. The first-order valence-electron chi connectivity index (χ1n) is 13.7. The van der Waals surface area contributed by atoms with E-state index in [1.807, 2.05) is 65.3 Å². The molecule has 0 atom stereocenters. The molecule has 0 unspecified atom stereocenters. The van der Waals surface area contributed by atoms with Crippen molar-refractivity contribution in [1.82, 2.24) is 19.3 Å². The van der Waals surface area contributed by atoms with Crippen LogP contribution in [0, 0.1) is 0 Å². The molecule has 42 heavy (non-hydrogen) atoms. The number of anilines is 3. The molecular formula is C33H34N6O3. The Labute approximate surface area is 244 Å². The molecular weight excluding hydrogens is 528 g/mol. The van der Waals surface area contributed by atoms with Crippen LogP contribution in [-0.4, -0.2) is 56.4 Å². The lowest BCUT2D eigenvalue weighted by atomic mass is 9.87. The van der Waals surface area contributed by atoms with Gasteiger partial charge in [0.2, 0.25) is 0 Å². The van der Waals surface area contributed by atoms with Gasteiger partial charge in [0, 0.05) is 60.2 Å². The molecule has 0 radical (unpaired) electrons. The molecule has 9 heteroatoms. The summed E-state index contributed by atoms with van der Waals surface area (Å²) < 4.78 is 1.88. The van der Waals surface area contributed by atoms with Crippen molar-refractivity contribution in [3.05, 3.63) is 108 Å². The van der Waals surface area contributed by atoms with E-state index in [4.69, 9.17) is 10.1 Å². The number of carbonyl (C=O) groups excluding carboxylic acids is 2. The predicted octanol–water partition coefficient (Wildman–Crippen LogP) is 5.75. The number of imidazole rings is 1. The van der Waals surface area contributed by atoms with Gasteiger partial charge in [0.25, 0.3) is 11.8 Å². The summed E-state index contributed by atoms with van der Waals surface area (Å²) in [6, 6.07) is 22.3. The van der Waals surface area contributed by atoms with E-state index >= 15 is 0 Å². The van der Waals surface area contributed by atoms with Gasteiger partial charge in [0.1, 0.15) is 0 Å². The van der Waals surface area contributed by atoms with Gasteiger partial charge in [-0.3, -0.25) is 9.59 Å². The average Bonchev–Trinajstić information content (AvgIpc) is 3.46. The van der Waals surface area contributed by atoms with Crippen molar-refractivity contribution in [3.8, 4) is 11.3 Å². The Hall–Kier alpha value is -5.02. The molecule has 0 aliphatic rings. The van der Waals surface area contributed by atoms with Gasteiger partial charge < -0.3 is 25.0 Å². The minimum absolute atomic E-state index is 0.0144. The van der Waals surface area contributed by atoms with Gasteiger partial charge in [-0.2, -0.15) is 0 Å². The number of rotatable bonds is 8. The number of amides is 2. The second-order valence-electron chi connectivity index (χ2n) is 11.1. The van der Waals surface area contributed by atoms with Crippen LogP contribution in [0.2, 0.25) is 0 Å². The number of hydrogen-bond donors (Lipinski definition) is 3. The van der Waals surface area contributed by atoms with Crippen molar-refractivity contribution in [1.29, 1.82) is 0 Å². The van der Waals surface area contributed by atoms with E-state index in [0.717, 1.165) is 11.3 Å². The number of likely N-dealkylation sites (N-methyl/N-ethyl adjacent to an activating group) is 1. The number of fused-ring (bicyclic) bond motifs is 1. The van der Waals surface area contributed by atoms with Crippen molar-refractivity contribution in [3.63, 3.8) is 0 Å². The molecule has 5 aromatic rings. The SMILES string of the molecule is CN(CCO)C(=O)c1ccc(Nc2nc(-c3cccc(NC(=O)c4ccc(C(C)(C)C)cc4)c3)cn3ccnc23)cc1. The maximum absolute atomic E-state index is 13.0. The molecule has 3 aromatic carbocycles. The normalized spacial score (nSPS) is 11.4. The molecule has 3 N–H and O–H groups in total. The number of carbonyl (C=O) groups is 2. The molecule has 9 nitrogen and oxygen atoms in total. The lowest BCUT2D eigenvalue weighted by Gasteiger charge is -2.19. The fourth-order valence-corrected chi connectivity index (χ4v) is 4.54. The highest BCUT2D eigenvalue weighted by atomic mass is 16.3. The number of nitrogens with zero attached hydrogens (tertiary/aromatic N) is 4. The molecule has 5 rings (SSSR count). The molecule has 214 valence electrons. The van der Waals surface area contributed by atoms with Crippen molar-refractivity contribution in [2.45, 2.75) is 26.2 Å². The molecule has 0 aliphatic heterocycles. The third kappa shape index (κ3) is 6.31. The summed E-state index contributed by atoms with van der Waals surface area (Å²) in [7, 11) is 1.65. The fourth-order valence-electron chi connectivity index (χ4n) is 4.54. The van der Waals surface area contributed by atoms with Gasteiger partial charge in [0.15, 0.2) is 11.5 Å². The number of aliphatic hydroxyl groups excluding tert-OH is 1. The third-order valence-corrected chi connectivity index (χ3v) is 6.98. The highest BCUT2D eigenvalue weighted by Crippen LogP contribution is 2.27. The van der Waals surface area contributed by atoms with E-state index < -0.39 is 0 Å². The topological polar surface area (TPSA) is 112 Å². The molecule has 0 bridgehead atoms. The smallest absolute Gasteiger partial charge is 0.255 e. The average molecular weight is 563 g/mol. The predicted molar refractivity (Wildman–Crippen MR) is 165 cm³/mol. The van der Waals surface area contributed by atoms with E-state index in [0.29, 0.717) is 34.0 Å². The van der Waals surface area contributed by atoms with Crippen LogP contribution < -0.4 is 10.6 Å². The first kappa shape index (κ1) is 28.5. The Kier molecular flexibility index (Phi) is 8.04. The van der Waals surface area contributed by atoms with Gasteiger partial charge in [-0.25, -0.2) is 9.97 Å². The van der Waals surface area contributed by atoms with E-state index in [-0.39, 0.29) is 30.4 Å². The van der Waals surface area contributed by atoms with Crippen molar-refractivity contribution >= 4 is 34.7 Å². The minimum Gasteiger partial charge on any atom is -0.395 e. The van der Waals surface area contributed by atoms with E-state index in [9.17, 15) is 9.59 Å². The summed E-state index contributed by atoms with van der Waals surface area (Å²) in [6.07, 6.45) is 5.43. The highest BCUT2D eigenvalue weighted by Gasteiger charge is 2.16. The number of benzene rings is 3. The number of hydrogen-bond acceptors (Lipinski definition) is 6. The molecule has 0 spiro atoms. The Morgan fingerprint density at radius 1 is 0.952 bits per heavy atom. The summed E-state index contributed by atoms with van der Waals surface area (Å²) in [4.78, 5) is 36.3. The zero-order chi connectivity index (χ0) is 29.9. The van der Waals surface area contributed by atoms with Crippen molar-refractivity contribution in [2.24, 2.45) is 0 Å². The maximum atomic E-state index is 13.0. The van der Waals surface area contributed by atoms with Gasteiger partial charge >= 0.3 is 0 Å². The van der Waals surface area contributed by atoms with E-state index in [2.05, 4.69) is 36.4 Å². The Bertz CT molecular complexity index is 1720. The zero-order valence-electron chi connectivity index (χ0n) is 24.1. The van der Waals surface area contributed by atoms with Crippen molar-refractivity contribution in [2.75, 3.05) is 30.8 Å². The van der Waals surface area contributed by atoms with Crippen LogP contribution in [-0.2, 0) is 5.41 Å². The fraction of sp³-hybridized carbons (Fsp3) is 0.212. The Morgan fingerprint density at radius 2 is 1.67 bits per heavy atom. The monoisotopic (exact) mass is 562 g/mol. The Balaban J connectivity index is 1.37. The largest absolute Gasteiger partial charge is 0.395 e. The molecule has 0 aliphatic carbocycles. The highest BCUT2D eigenvalue weighted by molar-refractivity contribution is 6.04. The second-order valence-corrected chi connectivity index (χ2v) is 11.1. The van der Waals surface area contributed by atoms with Crippen LogP contribution in [0.5, 0.6) is 0 Å². The number of nitrogens with one attached hydrogen (secondary N) is 2. The number of aliphatic hydroxyl groups is 1. The molecule has 0 saturated carbocycles. The number of aromatic nitrogens is 3. The van der Waals surface area contributed by atoms with Crippen molar-refractivity contribution < 1.29 is 14.7 Å². The van der Waals surface area contributed by atoms with Gasteiger partial charge in [0.05, 0.1) is 12.3 Å². The lowest BCUT2D eigenvalue weighted by Crippen LogP contribution is -2.29. The van der Waals surface area contributed by atoms with Gasteiger partial charge in [-0.05, 0) is 59.5 Å². The van der Waals surface area contributed by atoms with Crippen LogP contribution in [0.1, 0.15) is 47.1 Å². The van der Waals surface area contributed by atoms with Crippen LogP contribution in [0.15, 0.2) is 91.4 Å². The zero-order valence-corrected chi connectivity index (χ0v) is 24.1. The molecule has 2 amide bonds. The molecule has 2 heterocycles. The second kappa shape index (κ2) is 11.8. The van der Waals surface area contributed by atoms with Crippen LogP contribution >= 0.6 is 0 Å². The first-order chi connectivity index (χ1) is 20.1. The lowest BCUT2D eigenvalue weighted by molar-refractivity contribution is 0.0767. The minimum atomic E-state index is -0.183. The first-order valence-corrected chi connectivity index (χ1v) is 13.7. The van der Waals surface area contributed by atoms with E-state index in [1.54, 1.807) is 37.5 Å². The van der Waals surface area contributed by atoms with Gasteiger partial charge in [-0.15, -0.1) is 0 Å². The summed E-state index contributed by atoms with van der Waals surface area (Å²) in [5, 5.41) is 15.4. The third-order valence-electron chi connectivity index (χ3n) is 6.98. The summed E-state index contributed by atoms with van der Waals surface area (Å²) in [5.74, 6) is 0.195. The molecule has 0 fully saturated rings. The van der Waals surface area contributed by atoms with Crippen LogP contribution in [0.25, 0.3) is 16.9 Å². The summed E-state index contributed by atoms with van der Waals surface area (Å²) >= 11 is 0. The molecule has 0 saturated heterocycles. The standard InChI is InChI=1S/C33H34N6O3/c1-33(2,3)25-12-8-22(9-13-25)31(41)36-27-7-5-6-24(20-27)28-21-39-17-16-34-30(39)29(37-28)35-26-14-10-23(11-15-26)32(42)38(4)18-19-40/h5-17,20-21,40H,18-19H2,1-4H3,(H,35,37)(H,36,41). The van der Waals surface area contributed by atoms with Crippen LogP contribution in [0.3, 0.4) is 0 Å². The van der Waals surface area contributed by atoms with Crippen LogP contribution in [0.4, 0.5) is 17.2 Å². The molecule has 2 aromatic heterocycles. The van der Waals surface area contributed by atoms with E-state index in [1.165, 1.54) is 10.5 Å². The maximum Gasteiger partial charge on any atom is 0.255 e. The quantitative estimate of drug-likeness (QED) is 0.222. The van der Waals surface area contributed by atoms with Gasteiger partial charge in [-0.1, -0.05) is 45.0 Å². The summed E-state index contributed by atoms with van der Waals surface area (Å²) in [6.45, 7) is 6.60.